The summed E-state index contributed by atoms with van der Waals surface area (Å²) in [5, 5.41) is 25.1. The number of aliphatic carboxylic acids is 2. The Morgan fingerprint density at radius 1 is 0.839 bits per heavy atom. The molecular weight excluding hydrogens is 410 g/mol. The van der Waals surface area contributed by atoms with E-state index in [9.17, 15) is 24.0 Å². The largest absolute Gasteiger partial charge is 0.481 e. The molecule has 9 N–H and O–H groups in total. The maximum Gasteiger partial charge on any atom is 0.325 e. The summed E-state index contributed by atoms with van der Waals surface area (Å²) in [5.74, 6) is -4.89. The molecule has 0 fully saturated rings. The van der Waals surface area contributed by atoms with Crippen LogP contribution in [0.15, 0.2) is 0 Å². The van der Waals surface area contributed by atoms with E-state index in [-0.39, 0.29) is 6.42 Å². The minimum Gasteiger partial charge on any atom is -0.481 e. The molecule has 0 aromatic heterocycles. The molecule has 0 saturated heterocycles. The molecule has 178 valence electrons. The molecule has 0 rings (SSSR count). The van der Waals surface area contributed by atoms with E-state index in [1.54, 1.807) is 13.8 Å². The van der Waals surface area contributed by atoms with Crippen LogP contribution in [0.2, 0.25) is 0 Å². The summed E-state index contributed by atoms with van der Waals surface area (Å²) < 4.78 is 0. The van der Waals surface area contributed by atoms with Crippen LogP contribution in [0.1, 0.15) is 52.9 Å². The van der Waals surface area contributed by atoms with E-state index in [1.807, 2.05) is 0 Å². The Bertz CT molecular complexity index is 641. The van der Waals surface area contributed by atoms with Crippen LogP contribution >= 0.6 is 0 Å². The van der Waals surface area contributed by atoms with Crippen LogP contribution in [0, 0.1) is 5.92 Å². The van der Waals surface area contributed by atoms with Crippen molar-refractivity contribution >= 4 is 29.7 Å². The fourth-order valence-corrected chi connectivity index (χ4v) is 2.61. The summed E-state index contributed by atoms with van der Waals surface area (Å²) in [6, 6.07) is -4.38. The first-order chi connectivity index (χ1) is 14.4. The van der Waals surface area contributed by atoms with Crippen LogP contribution in [-0.2, 0) is 24.0 Å². The molecule has 0 spiro atoms. The molecular formula is C19H35N5O7. The highest BCUT2D eigenvalue weighted by molar-refractivity contribution is 5.94. The lowest BCUT2D eigenvalue weighted by atomic mass is 10.0. The lowest BCUT2D eigenvalue weighted by Gasteiger charge is -2.26. The third-order valence-corrected chi connectivity index (χ3v) is 4.56. The van der Waals surface area contributed by atoms with Crippen molar-refractivity contribution in [2.45, 2.75) is 77.0 Å². The Morgan fingerprint density at radius 3 is 1.94 bits per heavy atom. The van der Waals surface area contributed by atoms with E-state index in [0.29, 0.717) is 25.8 Å². The van der Waals surface area contributed by atoms with Crippen molar-refractivity contribution in [2.24, 2.45) is 17.4 Å². The third kappa shape index (κ3) is 11.3. The van der Waals surface area contributed by atoms with Gasteiger partial charge in [-0.25, -0.2) is 0 Å². The minimum absolute atomic E-state index is 0.208. The zero-order valence-corrected chi connectivity index (χ0v) is 18.2. The van der Waals surface area contributed by atoms with Gasteiger partial charge in [-0.05, 0) is 38.6 Å². The van der Waals surface area contributed by atoms with E-state index < -0.39 is 66.2 Å². The summed E-state index contributed by atoms with van der Waals surface area (Å²) in [6.45, 7) is 5.03. The van der Waals surface area contributed by atoms with Gasteiger partial charge in [0.1, 0.15) is 18.1 Å². The standard InChI is InChI=1S/C19H35N5O7/c1-10(2)15(18(29)22-11(3)19(30)31)24-17(28)13(7-8-14(25)26)23-16(27)12(21)6-4-5-9-20/h10-13,15H,4-9,20-21H2,1-3H3,(H,22,29)(H,23,27)(H,24,28)(H,25,26)(H,30,31). The average Bonchev–Trinajstić information content (AvgIpc) is 2.68. The average molecular weight is 446 g/mol. The zero-order chi connectivity index (χ0) is 24.1. The summed E-state index contributed by atoms with van der Waals surface area (Å²) in [6.07, 6.45) is 1.05. The van der Waals surface area contributed by atoms with Crippen LogP contribution < -0.4 is 27.4 Å². The van der Waals surface area contributed by atoms with Crippen LogP contribution in [0.25, 0.3) is 0 Å². The van der Waals surface area contributed by atoms with Gasteiger partial charge in [-0.15, -0.1) is 0 Å². The second-order valence-electron chi connectivity index (χ2n) is 7.68. The number of unbranched alkanes of at least 4 members (excludes halogenated alkanes) is 1. The van der Waals surface area contributed by atoms with Crippen LogP contribution in [0.5, 0.6) is 0 Å². The van der Waals surface area contributed by atoms with Gasteiger partial charge in [0.15, 0.2) is 0 Å². The van der Waals surface area contributed by atoms with E-state index in [2.05, 4.69) is 16.0 Å². The first-order valence-electron chi connectivity index (χ1n) is 10.2. The molecule has 0 aromatic carbocycles. The number of hydrogen-bond donors (Lipinski definition) is 7. The van der Waals surface area contributed by atoms with Crippen LogP contribution in [0.4, 0.5) is 0 Å². The number of nitrogens with one attached hydrogen (secondary N) is 3. The van der Waals surface area contributed by atoms with Crippen molar-refractivity contribution in [1.82, 2.24) is 16.0 Å². The van der Waals surface area contributed by atoms with Gasteiger partial charge in [0.05, 0.1) is 6.04 Å². The van der Waals surface area contributed by atoms with E-state index in [0.717, 1.165) is 0 Å². The van der Waals surface area contributed by atoms with Crippen molar-refractivity contribution < 1.29 is 34.2 Å². The monoisotopic (exact) mass is 445 g/mol. The number of carboxylic acids is 2. The molecule has 0 heterocycles. The van der Waals surface area contributed by atoms with Crippen LogP contribution in [-0.4, -0.2) is 70.6 Å². The molecule has 12 nitrogen and oxygen atoms in total. The predicted octanol–water partition coefficient (Wildman–Crippen LogP) is -1.48. The van der Waals surface area contributed by atoms with Gasteiger partial charge < -0.3 is 37.6 Å². The number of nitrogens with two attached hydrogens (primary N) is 2. The lowest BCUT2D eigenvalue weighted by molar-refractivity contribution is -0.142. The number of rotatable bonds is 15. The van der Waals surface area contributed by atoms with Gasteiger partial charge in [-0.3, -0.25) is 24.0 Å². The second kappa shape index (κ2) is 14.3. The van der Waals surface area contributed by atoms with Crippen molar-refractivity contribution in [3.05, 3.63) is 0 Å². The smallest absolute Gasteiger partial charge is 0.325 e. The minimum atomic E-state index is -1.24. The third-order valence-electron chi connectivity index (χ3n) is 4.56. The summed E-state index contributed by atoms with van der Waals surface area (Å²) in [5.41, 5.74) is 11.2. The molecule has 3 amide bonds. The van der Waals surface area contributed by atoms with Gasteiger partial charge in [0.2, 0.25) is 17.7 Å². The summed E-state index contributed by atoms with van der Waals surface area (Å²) in [4.78, 5) is 59.4. The van der Waals surface area contributed by atoms with Crippen molar-refractivity contribution in [2.75, 3.05) is 6.54 Å². The lowest BCUT2D eigenvalue weighted by Crippen LogP contribution is -2.58. The Labute approximate surface area is 181 Å². The van der Waals surface area contributed by atoms with E-state index >= 15 is 0 Å². The summed E-state index contributed by atoms with van der Waals surface area (Å²) >= 11 is 0. The van der Waals surface area contributed by atoms with Gasteiger partial charge >= 0.3 is 11.9 Å². The Balaban J connectivity index is 5.26. The maximum absolute atomic E-state index is 12.7. The molecule has 0 saturated carbocycles. The van der Waals surface area contributed by atoms with Gasteiger partial charge in [-0.1, -0.05) is 20.3 Å². The van der Waals surface area contributed by atoms with Crippen molar-refractivity contribution in [3.8, 4) is 0 Å². The number of carboxylic acid groups (broad SMARTS) is 2. The molecule has 0 aliphatic rings. The fraction of sp³-hybridized carbons (Fsp3) is 0.737. The van der Waals surface area contributed by atoms with Gasteiger partial charge in [-0.2, -0.15) is 0 Å². The normalized spacial score (nSPS) is 14.8. The van der Waals surface area contributed by atoms with Gasteiger partial charge in [0.25, 0.3) is 0 Å². The topological polar surface area (TPSA) is 214 Å². The first kappa shape index (κ1) is 28.3. The molecule has 0 radical (unpaired) electrons. The fourth-order valence-electron chi connectivity index (χ4n) is 2.61. The second-order valence-corrected chi connectivity index (χ2v) is 7.68. The zero-order valence-electron chi connectivity index (χ0n) is 18.2. The quantitative estimate of drug-likeness (QED) is 0.146. The van der Waals surface area contributed by atoms with Gasteiger partial charge in [0, 0.05) is 6.42 Å². The maximum atomic E-state index is 12.7. The van der Waals surface area contributed by atoms with Crippen LogP contribution in [0.3, 0.4) is 0 Å². The Kier molecular flexibility index (Phi) is 13.0. The van der Waals surface area contributed by atoms with E-state index in [4.69, 9.17) is 21.7 Å². The predicted molar refractivity (Wildman–Crippen MR) is 112 cm³/mol. The molecule has 4 unspecified atom stereocenters. The highest BCUT2D eigenvalue weighted by Gasteiger charge is 2.31. The van der Waals surface area contributed by atoms with Crippen molar-refractivity contribution in [1.29, 1.82) is 0 Å². The molecule has 4 atom stereocenters. The number of carbonyl (C=O) groups is 5. The molecule has 0 bridgehead atoms. The first-order valence-corrected chi connectivity index (χ1v) is 10.2. The number of amides is 3. The van der Waals surface area contributed by atoms with Crippen molar-refractivity contribution in [3.63, 3.8) is 0 Å². The highest BCUT2D eigenvalue weighted by Crippen LogP contribution is 2.07. The SMILES string of the molecule is CC(NC(=O)C(NC(=O)C(CCC(=O)O)NC(=O)C(N)CCCCN)C(C)C)C(=O)O. The molecule has 0 aliphatic carbocycles. The Hall–Kier alpha value is -2.73. The molecule has 0 aromatic rings. The molecule has 12 heteroatoms. The number of hydrogen-bond acceptors (Lipinski definition) is 7. The Morgan fingerprint density at radius 2 is 1.45 bits per heavy atom. The molecule has 31 heavy (non-hydrogen) atoms. The molecule has 0 aliphatic heterocycles. The summed E-state index contributed by atoms with van der Waals surface area (Å²) in [7, 11) is 0. The number of carbonyl (C=O) groups excluding carboxylic acids is 3. The highest BCUT2D eigenvalue weighted by atomic mass is 16.4. The van der Waals surface area contributed by atoms with E-state index in [1.165, 1.54) is 6.92 Å².